The quantitative estimate of drug-likeness (QED) is 0.878. The summed E-state index contributed by atoms with van der Waals surface area (Å²) in [5.74, 6) is 1.47. The van der Waals surface area contributed by atoms with Crippen LogP contribution in [0.25, 0.3) is 0 Å². The number of anilines is 1. The lowest BCUT2D eigenvalue weighted by Gasteiger charge is -2.37. The van der Waals surface area contributed by atoms with Crippen LogP contribution in [-0.2, 0) is 12.8 Å². The second kappa shape index (κ2) is 7.50. The Balaban J connectivity index is 1.41. The second-order valence-corrected chi connectivity index (χ2v) is 7.27. The molecule has 6 heteroatoms. The minimum atomic E-state index is -0.105. The Labute approximate surface area is 153 Å². The zero-order valence-electron chi connectivity index (χ0n) is 15.2. The molecule has 0 saturated carbocycles. The first kappa shape index (κ1) is 17.1. The maximum absolute atomic E-state index is 12.0. The highest BCUT2D eigenvalue weighted by atomic mass is 16.5. The van der Waals surface area contributed by atoms with Crippen molar-refractivity contribution in [2.75, 3.05) is 25.1 Å². The van der Waals surface area contributed by atoms with Crippen LogP contribution in [0.4, 0.5) is 5.82 Å². The number of rotatable bonds is 4. The first-order valence-electron chi connectivity index (χ1n) is 9.43. The van der Waals surface area contributed by atoms with E-state index in [0.717, 1.165) is 50.9 Å². The summed E-state index contributed by atoms with van der Waals surface area (Å²) in [6.45, 7) is 1.73. The maximum atomic E-state index is 12.0. The van der Waals surface area contributed by atoms with E-state index >= 15 is 0 Å². The summed E-state index contributed by atoms with van der Waals surface area (Å²) in [6, 6.07) is 7.28. The van der Waals surface area contributed by atoms with Gasteiger partial charge < -0.3 is 19.9 Å². The van der Waals surface area contributed by atoms with Gasteiger partial charge in [-0.1, -0.05) is 6.07 Å². The van der Waals surface area contributed by atoms with E-state index in [1.165, 1.54) is 11.1 Å². The van der Waals surface area contributed by atoms with Crippen LogP contribution in [-0.4, -0.2) is 42.3 Å². The van der Waals surface area contributed by atoms with Gasteiger partial charge in [0.1, 0.15) is 5.75 Å². The minimum absolute atomic E-state index is 0.105. The number of piperidine rings is 1. The zero-order valence-corrected chi connectivity index (χ0v) is 15.2. The van der Waals surface area contributed by atoms with Gasteiger partial charge in [0.2, 0.25) is 0 Å². The number of ether oxygens (including phenoxy) is 1. The van der Waals surface area contributed by atoms with Gasteiger partial charge in [-0.25, -0.2) is 4.98 Å². The number of nitrogens with one attached hydrogen (secondary N) is 2. The molecule has 2 atom stereocenters. The summed E-state index contributed by atoms with van der Waals surface area (Å²) in [4.78, 5) is 21.1. The van der Waals surface area contributed by atoms with Crippen LogP contribution >= 0.6 is 0 Å². The number of methoxy groups -OCH3 is 1. The molecule has 0 radical (unpaired) electrons. The van der Waals surface area contributed by atoms with E-state index < -0.39 is 0 Å². The highest BCUT2D eigenvalue weighted by Gasteiger charge is 2.26. The summed E-state index contributed by atoms with van der Waals surface area (Å²) in [7, 11) is 1.72. The molecule has 1 aliphatic carbocycles. The van der Waals surface area contributed by atoms with Gasteiger partial charge in [0.15, 0.2) is 5.82 Å². The highest BCUT2D eigenvalue weighted by Crippen LogP contribution is 2.26. The second-order valence-electron chi connectivity index (χ2n) is 7.27. The maximum Gasteiger partial charge on any atom is 0.290 e. The average molecular weight is 354 g/mol. The van der Waals surface area contributed by atoms with Crippen LogP contribution in [0.5, 0.6) is 5.75 Å². The van der Waals surface area contributed by atoms with Crippen LogP contribution in [0.1, 0.15) is 30.4 Å². The normalized spacial score (nSPS) is 22.7. The Bertz CT molecular complexity index is 819. The fourth-order valence-electron chi connectivity index (χ4n) is 4.21. The van der Waals surface area contributed by atoms with Crippen molar-refractivity contribution < 1.29 is 4.74 Å². The molecule has 6 nitrogen and oxygen atoms in total. The molecule has 2 aliphatic rings. The van der Waals surface area contributed by atoms with Gasteiger partial charge in [0.25, 0.3) is 5.56 Å². The Hall–Kier alpha value is -2.34. The summed E-state index contributed by atoms with van der Waals surface area (Å²) in [5.41, 5.74) is 2.72. The lowest BCUT2D eigenvalue weighted by molar-refractivity contribution is 0.350. The van der Waals surface area contributed by atoms with Crippen LogP contribution in [0, 0.1) is 0 Å². The molecule has 0 spiro atoms. The number of aryl methyl sites for hydroxylation is 1. The predicted octanol–water partition coefficient (Wildman–Crippen LogP) is 1.89. The van der Waals surface area contributed by atoms with Gasteiger partial charge in [-0.2, -0.15) is 0 Å². The SMILES string of the molecule is COc1ccc2c(c1)C[C@H](N[C@H]1CCCN(c3ncc[nH]c3=O)C1)CC2. The van der Waals surface area contributed by atoms with E-state index in [-0.39, 0.29) is 5.56 Å². The van der Waals surface area contributed by atoms with Gasteiger partial charge in [-0.3, -0.25) is 4.79 Å². The summed E-state index contributed by atoms with van der Waals surface area (Å²) in [6.07, 6.45) is 8.74. The van der Waals surface area contributed by atoms with Crippen molar-refractivity contribution >= 4 is 5.82 Å². The van der Waals surface area contributed by atoms with Crippen LogP contribution in [0.15, 0.2) is 35.4 Å². The molecule has 1 aromatic heterocycles. The number of benzene rings is 1. The van der Waals surface area contributed by atoms with Crippen molar-refractivity contribution in [3.05, 3.63) is 52.1 Å². The molecule has 1 aromatic carbocycles. The van der Waals surface area contributed by atoms with Gasteiger partial charge in [0, 0.05) is 37.6 Å². The molecule has 0 bridgehead atoms. The van der Waals surface area contributed by atoms with Gasteiger partial charge in [-0.15, -0.1) is 0 Å². The molecule has 2 aromatic rings. The lowest BCUT2D eigenvalue weighted by Crippen LogP contribution is -2.51. The molecule has 0 amide bonds. The number of H-pyrrole nitrogens is 1. The Morgan fingerprint density at radius 1 is 1.27 bits per heavy atom. The molecule has 1 fully saturated rings. The minimum Gasteiger partial charge on any atom is -0.497 e. The number of hydrogen-bond donors (Lipinski definition) is 2. The number of nitrogens with zero attached hydrogens (tertiary/aromatic N) is 2. The lowest BCUT2D eigenvalue weighted by atomic mass is 9.87. The number of aromatic amines is 1. The Kier molecular flexibility index (Phi) is 4.93. The molecule has 2 heterocycles. The third kappa shape index (κ3) is 3.60. The summed E-state index contributed by atoms with van der Waals surface area (Å²) in [5, 5.41) is 3.83. The Morgan fingerprint density at radius 2 is 2.19 bits per heavy atom. The van der Waals surface area contributed by atoms with Gasteiger partial charge in [-0.05, 0) is 55.4 Å². The molecule has 1 aliphatic heterocycles. The van der Waals surface area contributed by atoms with Crippen molar-refractivity contribution in [3.63, 3.8) is 0 Å². The van der Waals surface area contributed by atoms with Crippen molar-refractivity contribution in [2.24, 2.45) is 0 Å². The third-order valence-corrected chi connectivity index (χ3v) is 5.52. The fraction of sp³-hybridized carbons (Fsp3) is 0.500. The number of fused-ring (bicyclic) bond motifs is 1. The zero-order chi connectivity index (χ0) is 17.9. The number of aromatic nitrogens is 2. The van der Waals surface area contributed by atoms with E-state index in [1.54, 1.807) is 19.5 Å². The first-order chi connectivity index (χ1) is 12.7. The Morgan fingerprint density at radius 3 is 3.04 bits per heavy atom. The summed E-state index contributed by atoms with van der Waals surface area (Å²) >= 11 is 0. The summed E-state index contributed by atoms with van der Waals surface area (Å²) < 4.78 is 5.37. The number of hydrogen-bond acceptors (Lipinski definition) is 5. The van der Waals surface area contributed by atoms with E-state index in [2.05, 4.69) is 38.4 Å². The fourth-order valence-corrected chi connectivity index (χ4v) is 4.21. The van der Waals surface area contributed by atoms with E-state index in [0.29, 0.717) is 17.9 Å². The first-order valence-corrected chi connectivity index (χ1v) is 9.43. The largest absolute Gasteiger partial charge is 0.497 e. The monoisotopic (exact) mass is 354 g/mol. The van der Waals surface area contributed by atoms with Crippen LogP contribution in [0.3, 0.4) is 0 Å². The molecular weight excluding hydrogens is 328 g/mol. The van der Waals surface area contributed by atoms with Crippen LogP contribution < -0.4 is 20.5 Å². The predicted molar refractivity (Wildman–Crippen MR) is 102 cm³/mol. The topological polar surface area (TPSA) is 70.2 Å². The van der Waals surface area contributed by atoms with E-state index in [4.69, 9.17) is 4.74 Å². The average Bonchev–Trinajstić information content (AvgIpc) is 2.68. The molecule has 4 rings (SSSR count). The van der Waals surface area contributed by atoms with Crippen molar-refractivity contribution in [3.8, 4) is 5.75 Å². The molecule has 26 heavy (non-hydrogen) atoms. The van der Waals surface area contributed by atoms with E-state index in [9.17, 15) is 4.79 Å². The van der Waals surface area contributed by atoms with Crippen molar-refractivity contribution in [2.45, 2.75) is 44.2 Å². The van der Waals surface area contributed by atoms with Crippen molar-refractivity contribution in [1.82, 2.24) is 15.3 Å². The van der Waals surface area contributed by atoms with Gasteiger partial charge >= 0.3 is 0 Å². The molecule has 1 saturated heterocycles. The third-order valence-electron chi connectivity index (χ3n) is 5.52. The van der Waals surface area contributed by atoms with Crippen molar-refractivity contribution in [1.29, 1.82) is 0 Å². The molecule has 0 unspecified atom stereocenters. The molecule has 2 N–H and O–H groups in total. The van der Waals surface area contributed by atoms with E-state index in [1.807, 2.05) is 0 Å². The standard InChI is InChI=1S/C20H26N4O2/c1-26-18-7-5-14-4-6-16(11-15(14)12-18)23-17-3-2-10-24(13-17)19-20(25)22-9-8-21-19/h5,7-9,12,16-17,23H,2-4,6,10-11,13H2,1H3,(H,22,25)/t16-,17+/m1/s1. The highest BCUT2D eigenvalue weighted by molar-refractivity contribution is 5.38. The molecular formula is C20H26N4O2. The van der Waals surface area contributed by atoms with Crippen LogP contribution in [0.2, 0.25) is 0 Å². The molecule has 138 valence electrons. The smallest absolute Gasteiger partial charge is 0.290 e. The van der Waals surface area contributed by atoms with Gasteiger partial charge in [0.05, 0.1) is 7.11 Å².